The number of allylic oxidation sites excluding steroid dienone is 4. The largest absolute Gasteiger partial charge is 0.289 e. The molecule has 1 amide bonds. The zero-order valence-electron chi connectivity index (χ0n) is 14.8. The second-order valence-electron chi connectivity index (χ2n) is 5.54. The van der Waals surface area contributed by atoms with Crippen LogP contribution in [0.3, 0.4) is 0 Å². The number of rotatable bonds is 6. The fourth-order valence-corrected chi connectivity index (χ4v) is 2.12. The lowest BCUT2D eigenvalue weighted by Crippen LogP contribution is -2.13. The van der Waals surface area contributed by atoms with Crippen LogP contribution in [-0.2, 0) is 6.54 Å². The summed E-state index contributed by atoms with van der Waals surface area (Å²) in [7, 11) is 0. The van der Waals surface area contributed by atoms with Crippen LogP contribution in [0.2, 0.25) is 0 Å². The number of carbonyl (C=O) groups excluding carboxylic acids is 1. The number of hydrogen-bond donors (Lipinski definition) is 1. The van der Waals surface area contributed by atoms with E-state index in [1.807, 2.05) is 51.1 Å². The Morgan fingerprint density at radius 2 is 2.08 bits per heavy atom. The van der Waals surface area contributed by atoms with E-state index in [4.69, 9.17) is 0 Å². The molecule has 0 spiro atoms. The number of hydrogen-bond acceptors (Lipinski definition) is 3. The third-order valence-electron chi connectivity index (χ3n) is 3.46. The Kier molecular flexibility index (Phi) is 6.73. The van der Waals surface area contributed by atoms with Crippen LogP contribution in [0.4, 0.5) is 5.95 Å². The Bertz CT molecular complexity index is 833. The number of benzene rings is 1. The SMILES string of the molecule is CC#CC/C(=C\C=C/C)Cn1cnc(NC(=O)c2ccc(C)cc2)n1. The van der Waals surface area contributed by atoms with Gasteiger partial charge in [0.2, 0.25) is 5.95 Å². The van der Waals surface area contributed by atoms with Crippen molar-refractivity contribution in [2.75, 3.05) is 5.32 Å². The van der Waals surface area contributed by atoms with Gasteiger partial charge < -0.3 is 0 Å². The minimum Gasteiger partial charge on any atom is -0.289 e. The van der Waals surface area contributed by atoms with Crippen molar-refractivity contribution in [1.29, 1.82) is 0 Å². The molecule has 0 bridgehead atoms. The van der Waals surface area contributed by atoms with Crippen molar-refractivity contribution in [3.05, 3.63) is 65.5 Å². The zero-order chi connectivity index (χ0) is 18.1. The molecule has 1 aromatic heterocycles. The molecule has 0 unspecified atom stereocenters. The number of aromatic nitrogens is 3. The molecule has 0 aliphatic rings. The minimum atomic E-state index is -0.223. The molecule has 2 rings (SSSR count). The van der Waals surface area contributed by atoms with Crippen LogP contribution < -0.4 is 5.32 Å². The molecule has 0 aliphatic heterocycles. The first-order chi connectivity index (χ1) is 12.1. The van der Waals surface area contributed by atoms with E-state index in [9.17, 15) is 4.79 Å². The maximum absolute atomic E-state index is 12.2. The van der Waals surface area contributed by atoms with E-state index in [0.717, 1.165) is 11.1 Å². The van der Waals surface area contributed by atoms with Crippen LogP contribution in [0.1, 0.15) is 36.2 Å². The van der Waals surface area contributed by atoms with Gasteiger partial charge in [-0.15, -0.1) is 11.0 Å². The van der Waals surface area contributed by atoms with E-state index in [-0.39, 0.29) is 11.9 Å². The molecule has 0 radical (unpaired) electrons. The van der Waals surface area contributed by atoms with Gasteiger partial charge in [0.1, 0.15) is 6.33 Å². The normalized spacial score (nSPS) is 11.2. The van der Waals surface area contributed by atoms with Gasteiger partial charge in [-0.1, -0.05) is 41.8 Å². The van der Waals surface area contributed by atoms with Crippen molar-refractivity contribution in [1.82, 2.24) is 14.8 Å². The van der Waals surface area contributed by atoms with Gasteiger partial charge in [0.05, 0.1) is 6.54 Å². The van der Waals surface area contributed by atoms with Gasteiger partial charge in [0, 0.05) is 12.0 Å². The van der Waals surface area contributed by atoms with Gasteiger partial charge >= 0.3 is 0 Å². The van der Waals surface area contributed by atoms with Crippen molar-refractivity contribution in [2.24, 2.45) is 0 Å². The molecule has 0 atom stereocenters. The minimum absolute atomic E-state index is 0.223. The Hall–Kier alpha value is -3.13. The number of aryl methyl sites for hydroxylation is 1. The highest BCUT2D eigenvalue weighted by Gasteiger charge is 2.09. The van der Waals surface area contributed by atoms with E-state index in [1.165, 1.54) is 0 Å². The van der Waals surface area contributed by atoms with Gasteiger partial charge in [-0.3, -0.25) is 10.1 Å². The summed E-state index contributed by atoms with van der Waals surface area (Å²) in [5, 5.41) is 7.02. The zero-order valence-corrected chi connectivity index (χ0v) is 14.8. The number of carbonyl (C=O) groups is 1. The summed E-state index contributed by atoms with van der Waals surface area (Å²) in [6, 6.07) is 7.36. The van der Waals surface area contributed by atoms with Crippen LogP contribution in [0.5, 0.6) is 0 Å². The standard InChI is InChI=1S/C20H22N4O/c1-4-6-8-17(9-7-5-2)14-24-15-21-20(23-24)22-19(25)18-12-10-16(3)11-13-18/h4,6,8,10-13,15H,9,14H2,1-3H3,(H,22,23,25)/b6-4-,17-8+. The topological polar surface area (TPSA) is 59.8 Å². The van der Waals surface area contributed by atoms with Crippen LogP contribution in [0, 0.1) is 18.8 Å². The first-order valence-corrected chi connectivity index (χ1v) is 8.10. The van der Waals surface area contributed by atoms with Crippen molar-refractivity contribution in [2.45, 2.75) is 33.7 Å². The van der Waals surface area contributed by atoms with Gasteiger partial charge in [0.25, 0.3) is 5.91 Å². The first-order valence-electron chi connectivity index (χ1n) is 8.10. The highest BCUT2D eigenvalue weighted by Crippen LogP contribution is 2.08. The van der Waals surface area contributed by atoms with Crippen molar-refractivity contribution >= 4 is 11.9 Å². The van der Waals surface area contributed by atoms with E-state index < -0.39 is 0 Å². The van der Waals surface area contributed by atoms with Gasteiger partial charge in [-0.2, -0.15) is 0 Å². The molecule has 0 saturated heterocycles. The van der Waals surface area contributed by atoms with Crippen molar-refractivity contribution in [3.63, 3.8) is 0 Å². The van der Waals surface area contributed by atoms with E-state index in [1.54, 1.807) is 23.1 Å². The summed E-state index contributed by atoms with van der Waals surface area (Å²) in [5.41, 5.74) is 2.80. The fraction of sp³-hybridized carbons (Fsp3) is 0.250. The maximum atomic E-state index is 12.2. The molecule has 0 fully saturated rings. The summed E-state index contributed by atoms with van der Waals surface area (Å²) in [6.07, 6.45) is 8.24. The molecule has 5 heteroatoms. The average Bonchev–Trinajstić information content (AvgIpc) is 3.04. The Balaban J connectivity index is 2.04. The Morgan fingerprint density at radius 1 is 1.32 bits per heavy atom. The lowest BCUT2D eigenvalue weighted by molar-refractivity contribution is 0.102. The monoisotopic (exact) mass is 334 g/mol. The lowest BCUT2D eigenvalue weighted by atomic mass is 10.1. The number of amides is 1. The number of nitrogens with one attached hydrogen (secondary N) is 1. The molecule has 1 aromatic carbocycles. The molecular weight excluding hydrogens is 312 g/mol. The van der Waals surface area contributed by atoms with E-state index >= 15 is 0 Å². The predicted molar refractivity (Wildman–Crippen MR) is 100 cm³/mol. The van der Waals surface area contributed by atoms with Crippen LogP contribution in [-0.4, -0.2) is 20.7 Å². The molecule has 25 heavy (non-hydrogen) atoms. The van der Waals surface area contributed by atoms with Crippen molar-refractivity contribution in [3.8, 4) is 11.8 Å². The second kappa shape index (κ2) is 9.24. The predicted octanol–water partition coefficient (Wildman–Crippen LogP) is 3.75. The molecule has 0 saturated carbocycles. The smallest absolute Gasteiger partial charge is 0.258 e. The first kappa shape index (κ1) is 18.2. The second-order valence-corrected chi connectivity index (χ2v) is 5.54. The van der Waals surface area contributed by atoms with Gasteiger partial charge in [0.15, 0.2) is 0 Å². The molecule has 1 heterocycles. The Morgan fingerprint density at radius 3 is 2.76 bits per heavy atom. The maximum Gasteiger partial charge on any atom is 0.258 e. The third kappa shape index (κ3) is 5.78. The summed E-state index contributed by atoms with van der Waals surface area (Å²) < 4.78 is 1.69. The summed E-state index contributed by atoms with van der Waals surface area (Å²) >= 11 is 0. The molecule has 0 aliphatic carbocycles. The van der Waals surface area contributed by atoms with Crippen LogP contribution in [0.15, 0.2) is 54.4 Å². The van der Waals surface area contributed by atoms with Gasteiger partial charge in [-0.05, 0) is 38.5 Å². The van der Waals surface area contributed by atoms with Gasteiger partial charge in [-0.25, -0.2) is 9.67 Å². The van der Waals surface area contributed by atoms with E-state index in [2.05, 4.69) is 27.2 Å². The summed E-state index contributed by atoms with van der Waals surface area (Å²) in [4.78, 5) is 16.4. The highest BCUT2D eigenvalue weighted by molar-refractivity contribution is 6.03. The summed E-state index contributed by atoms with van der Waals surface area (Å²) in [6.45, 7) is 6.34. The lowest BCUT2D eigenvalue weighted by Gasteiger charge is -2.03. The number of nitrogens with zero attached hydrogens (tertiary/aromatic N) is 3. The molecule has 2 aromatic rings. The molecular formula is C20H22N4O. The fourth-order valence-electron chi connectivity index (χ4n) is 2.12. The van der Waals surface area contributed by atoms with E-state index in [0.29, 0.717) is 18.5 Å². The molecule has 1 N–H and O–H groups in total. The van der Waals surface area contributed by atoms with Crippen molar-refractivity contribution < 1.29 is 4.79 Å². The summed E-state index contributed by atoms with van der Waals surface area (Å²) in [5.74, 6) is 6.02. The molecule has 5 nitrogen and oxygen atoms in total. The highest BCUT2D eigenvalue weighted by atomic mass is 16.1. The molecule has 128 valence electrons. The Labute approximate surface area is 148 Å². The number of anilines is 1. The quantitative estimate of drug-likeness (QED) is 0.646. The van der Waals surface area contributed by atoms with Crippen LogP contribution >= 0.6 is 0 Å². The average molecular weight is 334 g/mol. The third-order valence-corrected chi connectivity index (χ3v) is 3.46. The van der Waals surface area contributed by atoms with Crippen LogP contribution in [0.25, 0.3) is 0 Å².